The number of ether oxygens (including phenoxy) is 1. The number of nitrogens with one attached hydrogen (secondary N) is 2. The molecule has 124 valence electrons. The first-order chi connectivity index (χ1) is 10.8. The molecule has 0 atom stereocenters. The van der Waals surface area contributed by atoms with Crippen LogP contribution in [0.2, 0.25) is 0 Å². The Labute approximate surface area is 132 Å². The van der Waals surface area contributed by atoms with Gasteiger partial charge in [0.15, 0.2) is 11.8 Å². The van der Waals surface area contributed by atoms with Gasteiger partial charge in [-0.1, -0.05) is 0 Å². The first kappa shape index (κ1) is 16.7. The normalized spacial score (nSPS) is 14.2. The van der Waals surface area contributed by atoms with Gasteiger partial charge in [-0.15, -0.1) is 10.2 Å². The van der Waals surface area contributed by atoms with Crippen LogP contribution < -0.4 is 10.6 Å². The Morgan fingerprint density at radius 3 is 3.00 bits per heavy atom. The second-order valence-electron chi connectivity index (χ2n) is 5.31. The Hall–Kier alpha value is -1.63. The molecule has 1 aromatic rings. The zero-order valence-corrected chi connectivity index (χ0v) is 13.8. The minimum Gasteiger partial charge on any atom is -0.382 e. The second-order valence-corrected chi connectivity index (χ2v) is 5.31. The summed E-state index contributed by atoms with van der Waals surface area (Å²) in [5.41, 5.74) is 0. The topological polar surface area (TPSA) is 76.4 Å². The van der Waals surface area contributed by atoms with Crippen LogP contribution in [-0.2, 0) is 24.2 Å². The van der Waals surface area contributed by atoms with Gasteiger partial charge in [0.1, 0.15) is 12.4 Å². The van der Waals surface area contributed by atoms with Gasteiger partial charge in [0.2, 0.25) is 0 Å². The lowest BCUT2D eigenvalue weighted by Gasteiger charge is -2.11. The van der Waals surface area contributed by atoms with Gasteiger partial charge in [-0.3, -0.25) is 0 Å². The molecule has 0 unspecified atom stereocenters. The van der Waals surface area contributed by atoms with Crippen LogP contribution in [0.1, 0.15) is 44.8 Å². The van der Waals surface area contributed by atoms with Gasteiger partial charge in [0, 0.05) is 39.3 Å². The molecular formula is C15H28N6O. The summed E-state index contributed by atoms with van der Waals surface area (Å²) in [6, 6.07) is 0. The van der Waals surface area contributed by atoms with Crippen molar-refractivity contribution in [2.75, 3.05) is 26.3 Å². The van der Waals surface area contributed by atoms with Crippen molar-refractivity contribution in [3.63, 3.8) is 0 Å². The predicted molar refractivity (Wildman–Crippen MR) is 86.9 cm³/mol. The van der Waals surface area contributed by atoms with Crippen LogP contribution in [0.15, 0.2) is 4.99 Å². The van der Waals surface area contributed by atoms with Crippen LogP contribution >= 0.6 is 0 Å². The van der Waals surface area contributed by atoms with Gasteiger partial charge in [0.05, 0.1) is 0 Å². The maximum absolute atomic E-state index is 5.34. The van der Waals surface area contributed by atoms with Crippen LogP contribution in [0.5, 0.6) is 0 Å². The molecule has 7 heteroatoms. The second kappa shape index (κ2) is 9.40. The van der Waals surface area contributed by atoms with Crippen LogP contribution in [0.3, 0.4) is 0 Å². The molecule has 0 radical (unpaired) electrons. The zero-order valence-electron chi connectivity index (χ0n) is 13.8. The lowest BCUT2D eigenvalue weighted by Crippen LogP contribution is -2.37. The number of aromatic nitrogens is 3. The Bertz CT molecular complexity index is 471. The fourth-order valence-electron chi connectivity index (χ4n) is 2.50. The summed E-state index contributed by atoms with van der Waals surface area (Å²) < 4.78 is 7.53. The predicted octanol–water partition coefficient (Wildman–Crippen LogP) is 1.10. The summed E-state index contributed by atoms with van der Waals surface area (Å²) in [4.78, 5) is 4.61. The van der Waals surface area contributed by atoms with Gasteiger partial charge < -0.3 is 19.9 Å². The van der Waals surface area contributed by atoms with E-state index >= 15 is 0 Å². The van der Waals surface area contributed by atoms with Crippen molar-refractivity contribution < 1.29 is 4.74 Å². The molecule has 1 aliphatic heterocycles. The van der Waals surface area contributed by atoms with Crippen molar-refractivity contribution >= 4 is 5.96 Å². The number of hydrogen-bond donors (Lipinski definition) is 2. The van der Waals surface area contributed by atoms with E-state index in [1.165, 1.54) is 6.42 Å². The molecule has 1 aromatic heterocycles. The number of aryl methyl sites for hydroxylation is 1. The third-order valence-electron chi connectivity index (χ3n) is 3.62. The third kappa shape index (κ3) is 4.98. The molecule has 0 aromatic carbocycles. The first-order valence-corrected chi connectivity index (χ1v) is 8.36. The number of hydrogen-bond acceptors (Lipinski definition) is 4. The molecule has 22 heavy (non-hydrogen) atoms. The van der Waals surface area contributed by atoms with E-state index in [-0.39, 0.29) is 0 Å². The highest BCUT2D eigenvalue weighted by Crippen LogP contribution is 2.14. The molecule has 0 aliphatic carbocycles. The van der Waals surface area contributed by atoms with Crippen molar-refractivity contribution in [2.45, 2.75) is 52.6 Å². The minimum absolute atomic E-state index is 0.571. The Balaban J connectivity index is 1.77. The first-order valence-electron chi connectivity index (χ1n) is 8.36. The summed E-state index contributed by atoms with van der Waals surface area (Å²) >= 11 is 0. The molecule has 0 saturated heterocycles. The van der Waals surface area contributed by atoms with E-state index in [2.05, 4.69) is 37.3 Å². The number of fused-ring (bicyclic) bond motifs is 1. The molecular weight excluding hydrogens is 280 g/mol. The lowest BCUT2D eigenvalue weighted by molar-refractivity contribution is 0.143. The van der Waals surface area contributed by atoms with Gasteiger partial charge in [-0.2, -0.15) is 0 Å². The number of guanidine groups is 1. The molecule has 0 amide bonds. The Morgan fingerprint density at radius 1 is 1.27 bits per heavy atom. The molecule has 1 aliphatic rings. The molecule has 2 heterocycles. The Morgan fingerprint density at radius 2 is 2.18 bits per heavy atom. The van der Waals surface area contributed by atoms with Gasteiger partial charge in [0.25, 0.3) is 0 Å². The number of aliphatic imine (C=N–C) groups is 1. The van der Waals surface area contributed by atoms with E-state index < -0.39 is 0 Å². The molecule has 2 rings (SSSR count). The van der Waals surface area contributed by atoms with Gasteiger partial charge >= 0.3 is 0 Å². The highest BCUT2D eigenvalue weighted by Gasteiger charge is 2.16. The van der Waals surface area contributed by atoms with Gasteiger partial charge in [-0.25, -0.2) is 4.99 Å². The average Bonchev–Trinajstić information content (AvgIpc) is 3.12. The van der Waals surface area contributed by atoms with Crippen LogP contribution in [0, 0.1) is 0 Å². The number of nitrogens with zero attached hydrogens (tertiary/aromatic N) is 4. The molecule has 0 saturated carbocycles. The van der Waals surface area contributed by atoms with Crippen molar-refractivity contribution in [2.24, 2.45) is 4.99 Å². The van der Waals surface area contributed by atoms with Crippen molar-refractivity contribution in [1.82, 2.24) is 25.4 Å². The van der Waals surface area contributed by atoms with E-state index in [1.54, 1.807) is 0 Å². The van der Waals surface area contributed by atoms with Crippen molar-refractivity contribution in [3.8, 4) is 0 Å². The smallest absolute Gasteiger partial charge is 0.191 e. The van der Waals surface area contributed by atoms with Crippen LogP contribution in [-0.4, -0.2) is 47.0 Å². The third-order valence-corrected chi connectivity index (χ3v) is 3.62. The van der Waals surface area contributed by atoms with E-state index in [9.17, 15) is 0 Å². The van der Waals surface area contributed by atoms with E-state index in [1.807, 2.05) is 6.92 Å². The summed E-state index contributed by atoms with van der Waals surface area (Å²) in [5.74, 6) is 2.90. The van der Waals surface area contributed by atoms with Crippen molar-refractivity contribution in [3.05, 3.63) is 11.6 Å². The van der Waals surface area contributed by atoms with Crippen LogP contribution in [0.25, 0.3) is 0 Å². The highest BCUT2D eigenvalue weighted by molar-refractivity contribution is 5.79. The number of rotatable bonds is 9. The quantitative estimate of drug-likeness (QED) is 0.406. The average molecular weight is 308 g/mol. The monoisotopic (exact) mass is 308 g/mol. The highest BCUT2D eigenvalue weighted by atomic mass is 16.5. The van der Waals surface area contributed by atoms with E-state index in [0.717, 1.165) is 69.7 Å². The van der Waals surface area contributed by atoms with Crippen molar-refractivity contribution in [1.29, 1.82) is 0 Å². The lowest BCUT2D eigenvalue weighted by atomic mass is 10.3. The number of unbranched alkanes of at least 4 members (excludes halogenated alkanes) is 1. The molecule has 2 N–H and O–H groups in total. The fraction of sp³-hybridized carbons (Fsp3) is 0.800. The zero-order chi connectivity index (χ0) is 15.6. The van der Waals surface area contributed by atoms with E-state index in [4.69, 9.17) is 4.74 Å². The summed E-state index contributed by atoms with van der Waals surface area (Å²) in [5, 5.41) is 15.1. The Kier molecular flexibility index (Phi) is 7.15. The summed E-state index contributed by atoms with van der Waals surface area (Å²) in [6.45, 7) is 9.06. The van der Waals surface area contributed by atoms with Gasteiger partial charge in [-0.05, 0) is 33.1 Å². The SMILES string of the molecule is CCNC(=NCc1nnc2n1CCC2)NCCCCOCC. The summed E-state index contributed by atoms with van der Waals surface area (Å²) in [6.07, 6.45) is 4.34. The largest absolute Gasteiger partial charge is 0.382 e. The molecule has 7 nitrogen and oxygen atoms in total. The fourth-order valence-corrected chi connectivity index (χ4v) is 2.50. The maximum atomic E-state index is 5.34. The standard InChI is InChI=1S/C15H28N6O/c1-3-16-15(17-9-5-6-11-22-4-2)18-12-14-20-19-13-8-7-10-21(13)14/h3-12H2,1-2H3,(H2,16,17,18). The molecule has 0 spiro atoms. The molecule has 0 bridgehead atoms. The van der Waals surface area contributed by atoms with Crippen LogP contribution in [0.4, 0.5) is 0 Å². The molecule has 0 fully saturated rings. The minimum atomic E-state index is 0.571. The summed E-state index contributed by atoms with van der Waals surface area (Å²) in [7, 11) is 0. The van der Waals surface area contributed by atoms with E-state index in [0.29, 0.717) is 6.54 Å². The maximum Gasteiger partial charge on any atom is 0.191 e.